The molecule has 0 saturated heterocycles. The zero-order valence-electron chi connectivity index (χ0n) is 9.92. The highest BCUT2D eigenvalue weighted by molar-refractivity contribution is 5.91. The predicted octanol–water partition coefficient (Wildman–Crippen LogP) is 3.09. The molecule has 2 aliphatic carbocycles. The third-order valence-electron chi connectivity index (χ3n) is 3.62. The number of hydrogen-bond acceptors (Lipinski definition) is 2. The lowest BCUT2D eigenvalue weighted by Gasteiger charge is -2.27. The zero-order chi connectivity index (χ0) is 10.9. The van der Waals surface area contributed by atoms with E-state index in [0.717, 1.165) is 25.7 Å². The maximum atomic E-state index is 12.0. The SMILES string of the molecule is CC(C)C(=O)C1(OC2CCCCC2)CC1. The topological polar surface area (TPSA) is 26.3 Å². The normalized spacial score (nSPS) is 25.5. The number of carbonyl (C=O) groups is 1. The molecule has 0 aliphatic heterocycles. The summed E-state index contributed by atoms with van der Waals surface area (Å²) in [5.74, 6) is 0.448. The fraction of sp³-hybridized carbons (Fsp3) is 0.923. The minimum atomic E-state index is -0.351. The average molecular weight is 210 g/mol. The van der Waals surface area contributed by atoms with Crippen LogP contribution in [-0.4, -0.2) is 17.5 Å². The van der Waals surface area contributed by atoms with Crippen LogP contribution in [0.5, 0.6) is 0 Å². The third-order valence-corrected chi connectivity index (χ3v) is 3.62. The van der Waals surface area contributed by atoms with Crippen molar-refractivity contribution in [2.75, 3.05) is 0 Å². The standard InChI is InChI=1S/C13H22O2/c1-10(2)12(14)13(8-9-13)15-11-6-4-3-5-7-11/h10-11H,3-9H2,1-2H3. The van der Waals surface area contributed by atoms with Gasteiger partial charge in [-0.25, -0.2) is 0 Å². The van der Waals surface area contributed by atoms with Crippen molar-refractivity contribution < 1.29 is 9.53 Å². The summed E-state index contributed by atoms with van der Waals surface area (Å²) in [7, 11) is 0. The van der Waals surface area contributed by atoms with Crippen LogP contribution in [0.3, 0.4) is 0 Å². The van der Waals surface area contributed by atoms with E-state index in [0.29, 0.717) is 11.9 Å². The monoisotopic (exact) mass is 210 g/mol. The predicted molar refractivity (Wildman–Crippen MR) is 59.8 cm³/mol. The molecule has 0 unspecified atom stereocenters. The molecule has 0 bridgehead atoms. The maximum absolute atomic E-state index is 12.0. The van der Waals surface area contributed by atoms with Crippen LogP contribution in [0, 0.1) is 5.92 Å². The summed E-state index contributed by atoms with van der Waals surface area (Å²) in [6.07, 6.45) is 8.49. The summed E-state index contributed by atoms with van der Waals surface area (Å²) in [6, 6.07) is 0. The molecule has 15 heavy (non-hydrogen) atoms. The van der Waals surface area contributed by atoms with Crippen molar-refractivity contribution in [2.45, 2.75) is 70.5 Å². The van der Waals surface area contributed by atoms with Crippen molar-refractivity contribution >= 4 is 5.78 Å². The fourth-order valence-corrected chi connectivity index (χ4v) is 2.56. The lowest BCUT2D eigenvalue weighted by atomic mass is 9.96. The number of rotatable bonds is 4. The molecule has 0 N–H and O–H groups in total. The Hall–Kier alpha value is -0.370. The van der Waals surface area contributed by atoms with E-state index in [1.54, 1.807) is 0 Å². The van der Waals surface area contributed by atoms with Crippen LogP contribution >= 0.6 is 0 Å². The van der Waals surface area contributed by atoms with Gasteiger partial charge in [-0.15, -0.1) is 0 Å². The van der Waals surface area contributed by atoms with E-state index in [1.807, 2.05) is 13.8 Å². The highest BCUT2D eigenvalue weighted by atomic mass is 16.5. The Morgan fingerprint density at radius 1 is 1.20 bits per heavy atom. The molecule has 2 nitrogen and oxygen atoms in total. The van der Waals surface area contributed by atoms with Crippen molar-refractivity contribution in [1.82, 2.24) is 0 Å². The van der Waals surface area contributed by atoms with Crippen LogP contribution in [0.25, 0.3) is 0 Å². The smallest absolute Gasteiger partial charge is 0.167 e. The molecular formula is C13H22O2. The van der Waals surface area contributed by atoms with Crippen LogP contribution in [0.15, 0.2) is 0 Å². The van der Waals surface area contributed by atoms with E-state index in [-0.39, 0.29) is 11.5 Å². The number of hydrogen-bond donors (Lipinski definition) is 0. The second-order valence-electron chi connectivity index (χ2n) is 5.39. The first kappa shape index (κ1) is 11.1. The van der Waals surface area contributed by atoms with Gasteiger partial charge < -0.3 is 4.74 Å². The molecule has 2 heteroatoms. The zero-order valence-corrected chi connectivity index (χ0v) is 9.92. The molecule has 2 rings (SSSR count). The lowest BCUT2D eigenvalue weighted by molar-refractivity contribution is -0.142. The first-order valence-electron chi connectivity index (χ1n) is 6.36. The van der Waals surface area contributed by atoms with Gasteiger partial charge in [0.05, 0.1) is 6.10 Å². The number of carbonyl (C=O) groups excluding carboxylic acids is 1. The Morgan fingerprint density at radius 2 is 1.80 bits per heavy atom. The summed E-state index contributed by atoms with van der Waals surface area (Å²) in [6.45, 7) is 3.96. The van der Waals surface area contributed by atoms with Gasteiger partial charge in [-0.05, 0) is 25.7 Å². The molecule has 0 aromatic carbocycles. The number of Topliss-reactive ketones (excluding diaryl/α,β-unsaturated/α-hetero) is 1. The van der Waals surface area contributed by atoms with Crippen LogP contribution in [0.1, 0.15) is 58.8 Å². The quantitative estimate of drug-likeness (QED) is 0.712. The van der Waals surface area contributed by atoms with E-state index >= 15 is 0 Å². The minimum Gasteiger partial charge on any atom is -0.364 e. The van der Waals surface area contributed by atoms with Gasteiger partial charge in [0.1, 0.15) is 5.60 Å². The highest BCUT2D eigenvalue weighted by Gasteiger charge is 2.52. The first-order chi connectivity index (χ1) is 7.14. The van der Waals surface area contributed by atoms with Gasteiger partial charge in [0, 0.05) is 5.92 Å². The molecule has 0 amide bonds. The van der Waals surface area contributed by atoms with Gasteiger partial charge in [0.2, 0.25) is 0 Å². The number of ether oxygens (including phenoxy) is 1. The van der Waals surface area contributed by atoms with Gasteiger partial charge in [0.15, 0.2) is 5.78 Å². The summed E-state index contributed by atoms with van der Waals surface area (Å²) in [5.41, 5.74) is -0.351. The molecule has 2 aliphatic rings. The molecule has 0 atom stereocenters. The van der Waals surface area contributed by atoms with E-state index in [4.69, 9.17) is 4.74 Å². The van der Waals surface area contributed by atoms with Crippen molar-refractivity contribution in [3.8, 4) is 0 Å². The first-order valence-corrected chi connectivity index (χ1v) is 6.36. The van der Waals surface area contributed by atoms with Crippen LogP contribution in [-0.2, 0) is 9.53 Å². The van der Waals surface area contributed by atoms with E-state index in [2.05, 4.69) is 0 Å². The Labute approximate surface area is 92.4 Å². The van der Waals surface area contributed by atoms with Gasteiger partial charge in [-0.2, -0.15) is 0 Å². The second-order valence-corrected chi connectivity index (χ2v) is 5.39. The van der Waals surface area contributed by atoms with E-state index in [9.17, 15) is 4.79 Å². The summed E-state index contributed by atoms with van der Waals surface area (Å²) in [4.78, 5) is 12.0. The minimum absolute atomic E-state index is 0.121. The molecule has 2 saturated carbocycles. The van der Waals surface area contributed by atoms with Crippen LogP contribution in [0.2, 0.25) is 0 Å². The molecule has 0 aromatic heterocycles. The average Bonchev–Trinajstić information content (AvgIpc) is 2.99. The molecule has 0 heterocycles. The van der Waals surface area contributed by atoms with Crippen molar-refractivity contribution in [3.05, 3.63) is 0 Å². The van der Waals surface area contributed by atoms with Crippen molar-refractivity contribution in [1.29, 1.82) is 0 Å². The molecular weight excluding hydrogens is 188 g/mol. The van der Waals surface area contributed by atoms with Crippen LogP contribution < -0.4 is 0 Å². The van der Waals surface area contributed by atoms with Crippen LogP contribution in [0.4, 0.5) is 0 Å². The Bertz CT molecular complexity index is 235. The van der Waals surface area contributed by atoms with Gasteiger partial charge >= 0.3 is 0 Å². The molecule has 0 radical (unpaired) electrons. The highest BCUT2D eigenvalue weighted by Crippen LogP contribution is 2.44. The van der Waals surface area contributed by atoms with E-state index < -0.39 is 0 Å². The lowest BCUT2D eigenvalue weighted by Crippen LogP contribution is -2.35. The van der Waals surface area contributed by atoms with Gasteiger partial charge in [-0.1, -0.05) is 33.1 Å². The summed E-state index contributed by atoms with van der Waals surface area (Å²) >= 11 is 0. The Kier molecular flexibility index (Phi) is 3.15. The fourth-order valence-electron chi connectivity index (χ4n) is 2.56. The molecule has 0 aromatic rings. The Balaban J connectivity index is 1.90. The second kappa shape index (κ2) is 4.25. The third kappa shape index (κ3) is 2.41. The maximum Gasteiger partial charge on any atom is 0.167 e. The summed E-state index contributed by atoms with van der Waals surface area (Å²) in [5, 5.41) is 0. The molecule has 0 spiro atoms. The summed E-state index contributed by atoms with van der Waals surface area (Å²) < 4.78 is 6.06. The molecule has 2 fully saturated rings. The van der Waals surface area contributed by atoms with Gasteiger partial charge in [0.25, 0.3) is 0 Å². The van der Waals surface area contributed by atoms with Crippen molar-refractivity contribution in [2.24, 2.45) is 5.92 Å². The number of ketones is 1. The van der Waals surface area contributed by atoms with Crippen molar-refractivity contribution in [3.63, 3.8) is 0 Å². The van der Waals surface area contributed by atoms with E-state index in [1.165, 1.54) is 19.3 Å². The largest absolute Gasteiger partial charge is 0.364 e. The van der Waals surface area contributed by atoms with Gasteiger partial charge in [-0.3, -0.25) is 4.79 Å². The molecule has 86 valence electrons. The Morgan fingerprint density at radius 3 is 2.27 bits per heavy atom.